The Bertz CT molecular complexity index is 1690. The molecule has 0 radical (unpaired) electrons. The molecule has 0 aromatic rings. The van der Waals surface area contributed by atoms with Crippen LogP contribution in [0.5, 0.6) is 0 Å². The van der Waals surface area contributed by atoms with Crippen molar-refractivity contribution in [2.75, 3.05) is 13.2 Å². The second-order valence-corrected chi connectivity index (χ2v) is 22.7. The molecule has 0 aliphatic carbocycles. The quantitative estimate of drug-likeness (QED) is 0.0261. The molecule has 0 saturated heterocycles. The number of carbonyl (C=O) groups excluding carboxylic acids is 3. The summed E-state index contributed by atoms with van der Waals surface area (Å²) in [7, 11) is 0. The number of esters is 3. The van der Waals surface area contributed by atoms with Crippen molar-refractivity contribution in [1.29, 1.82) is 0 Å². The van der Waals surface area contributed by atoms with Crippen molar-refractivity contribution in [2.24, 2.45) is 0 Å². The number of unbranched alkanes of at least 4 members (excludes halogenated alkanes) is 31. The average Bonchev–Trinajstić information content (AvgIpc) is 3.47. The lowest BCUT2D eigenvalue weighted by molar-refractivity contribution is -0.167. The van der Waals surface area contributed by atoms with Crippen LogP contribution in [0.2, 0.25) is 0 Å². The van der Waals surface area contributed by atoms with Gasteiger partial charge in [-0.2, -0.15) is 0 Å². The summed E-state index contributed by atoms with van der Waals surface area (Å²) in [6.07, 6.45) is 96.4. The first-order valence-electron chi connectivity index (χ1n) is 34.5. The predicted molar refractivity (Wildman–Crippen MR) is 357 cm³/mol. The molecule has 6 heteroatoms. The molecule has 468 valence electrons. The Morgan fingerprint density at radius 2 is 0.476 bits per heavy atom. The van der Waals surface area contributed by atoms with E-state index in [1.54, 1.807) is 0 Å². The van der Waals surface area contributed by atoms with Gasteiger partial charge in [0, 0.05) is 19.3 Å². The van der Waals surface area contributed by atoms with Crippen LogP contribution in [0.15, 0.2) is 122 Å². The highest BCUT2D eigenvalue weighted by molar-refractivity contribution is 5.71. The highest BCUT2D eigenvalue weighted by atomic mass is 16.6. The summed E-state index contributed by atoms with van der Waals surface area (Å²) in [6, 6.07) is 0. The predicted octanol–water partition coefficient (Wildman–Crippen LogP) is 23.9. The molecule has 6 nitrogen and oxygen atoms in total. The first-order chi connectivity index (χ1) is 40.5. The average molecular weight is 1140 g/mol. The van der Waals surface area contributed by atoms with Crippen molar-refractivity contribution < 1.29 is 28.6 Å². The number of rotatable bonds is 62. The van der Waals surface area contributed by atoms with E-state index in [2.05, 4.69) is 142 Å². The fourth-order valence-corrected chi connectivity index (χ4v) is 9.62. The third-order valence-electron chi connectivity index (χ3n) is 14.7. The van der Waals surface area contributed by atoms with Crippen molar-refractivity contribution in [3.8, 4) is 0 Å². The molecule has 82 heavy (non-hydrogen) atoms. The minimum Gasteiger partial charge on any atom is -0.462 e. The van der Waals surface area contributed by atoms with Crippen LogP contribution in [-0.2, 0) is 28.6 Å². The van der Waals surface area contributed by atoms with Crippen molar-refractivity contribution in [2.45, 2.75) is 329 Å². The Morgan fingerprint density at radius 3 is 0.744 bits per heavy atom. The van der Waals surface area contributed by atoms with Crippen molar-refractivity contribution in [3.05, 3.63) is 122 Å². The number of hydrogen-bond donors (Lipinski definition) is 0. The Balaban J connectivity index is 4.38. The van der Waals surface area contributed by atoms with Crippen LogP contribution < -0.4 is 0 Å². The van der Waals surface area contributed by atoms with Gasteiger partial charge in [-0.15, -0.1) is 0 Å². The lowest BCUT2D eigenvalue weighted by Crippen LogP contribution is -2.30. The number of carbonyl (C=O) groups is 3. The van der Waals surface area contributed by atoms with E-state index in [9.17, 15) is 14.4 Å². The van der Waals surface area contributed by atoms with Crippen LogP contribution in [0, 0.1) is 0 Å². The van der Waals surface area contributed by atoms with Gasteiger partial charge in [0.15, 0.2) is 6.10 Å². The molecule has 0 spiro atoms. The molecule has 0 aromatic heterocycles. The van der Waals surface area contributed by atoms with Gasteiger partial charge in [0.05, 0.1) is 0 Å². The Morgan fingerprint density at radius 1 is 0.256 bits per heavy atom. The fourth-order valence-electron chi connectivity index (χ4n) is 9.62. The van der Waals surface area contributed by atoms with Crippen LogP contribution in [0.3, 0.4) is 0 Å². The monoisotopic (exact) mass is 1140 g/mol. The zero-order valence-electron chi connectivity index (χ0n) is 53.7. The van der Waals surface area contributed by atoms with E-state index < -0.39 is 6.10 Å². The first kappa shape index (κ1) is 77.8. The summed E-state index contributed by atoms with van der Waals surface area (Å²) in [6.45, 7) is 6.43. The molecule has 0 aliphatic rings. The van der Waals surface area contributed by atoms with Gasteiger partial charge in [-0.25, -0.2) is 0 Å². The molecular formula is C76H128O6. The molecule has 0 amide bonds. The van der Waals surface area contributed by atoms with E-state index in [1.165, 1.54) is 141 Å². The summed E-state index contributed by atoms with van der Waals surface area (Å²) in [4.78, 5) is 38.5. The van der Waals surface area contributed by atoms with E-state index in [0.29, 0.717) is 19.3 Å². The van der Waals surface area contributed by atoms with Gasteiger partial charge >= 0.3 is 17.9 Å². The SMILES string of the molecule is CC/C=C\C/C=C\C/C=C\C/C=C\C/C=C\CCCCCCCCCCCCCC(=O)OCC(COC(=O)CCCCCCCCCCCCCCCCCC)OC(=O)CCCCCCC/C=C\C/C=C\C/C=C\C/C=C\C/C=C\CC. The summed E-state index contributed by atoms with van der Waals surface area (Å²) in [5.74, 6) is -0.896. The third-order valence-corrected chi connectivity index (χ3v) is 14.7. The van der Waals surface area contributed by atoms with Gasteiger partial charge in [0.2, 0.25) is 0 Å². The number of hydrogen-bond acceptors (Lipinski definition) is 6. The molecule has 0 N–H and O–H groups in total. The molecule has 0 fully saturated rings. The highest BCUT2D eigenvalue weighted by Gasteiger charge is 2.19. The summed E-state index contributed by atoms with van der Waals surface area (Å²) in [5, 5.41) is 0. The number of ether oxygens (including phenoxy) is 3. The Kier molecular flexibility index (Phi) is 65.8. The van der Waals surface area contributed by atoms with Gasteiger partial charge < -0.3 is 14.2 Å². The standard InChI is InChI=1S/C76H128O6/c1-4-7-10-13-16-19-22-25-28-31-33-35-36-37-38-39-40-42-43-45-48-51-54-57-60-63-66-69-75(78)81-72-73(71-80-74(77)68-65-62-59-56-53-50-47-30-27-24-21-18-15-12-9-6-3)82-76(79)70-67-64-61-58-55-52-49-46-44-41-34-32-29-26-23-20-17-14-11-8-5-2/h7-8,10-11,16-17,19-20,25-26,28-29,33-35,37-38,41,46,49,73H,4-6,9,12-15,18,21-24,27,30-32,36,39-40,42-45,47-48,50-72H2,1-3H3/b10-7-,11-8-,19-16-,20-17-,28-25-,29-26-,35-33-,38-37-,41-34-,49-46-. The van der Waals surface area contributed by atoms with Crippen molar-refractivity contribution in [1.82, 2.24) is 0 Å². The largest absolute Gasteiger partial charge is 0.462 e. The van der Waals surface area contributed by atoms with Crippen molar-refractivity contribution >= 4 is 17.9 Å². The van der Waals surface area contributed by atoms with E-state index in [1.807, 2.05) is 0 Å². The second kappa shape index (κ2) is 69.3. The molecule has 0 saturated carbocycles. The van der Waals surface area contributed by atoms with E-state index >= 15 is 0 Å². The third kappa shape index (κ3) is 66.6. The molecule has 0 aromatic carbocycles. The molecule has 0 heterocycles. The van der Waals surface area contributed by atoms with Gasteiger partial charge in [-0.1, -0.05) is 316 Å². The minimum atomic E-state index is -0.793. The molecular weight excluding hydrogens is 1010 g/mol. The van der Waals surface area contributed by atoms with Gasteiger partial charge in [0.1, 0.15) is 13.2 Å². The minimum absolute atomic E-state index is 0.0857. The molecule has 0 aliphatic heterocycles. The summed E-state index contributed by atoms with van der Waals surface area (Å²) >= 11 is 0. The van der Waals surface area contributed by atoms with Gasteiger partial charge in [-0.3, -0.25) is 14.4 Å². The maximum absolute atomic E-state index is 13.0. The van der Waals surface area contributed by atoms with Gasteiger partial charge in [-0.05, 0) is 109 Å². The normalized spacial score (nSPS) is 12.9. The highest BCUT2D eigenvalue weighted by Crippen LogP contribution is 2.17. The Hall–Kier alpha value is -4.19. The van der Waals surface area contributed by atoms with E-state index in [0.717, 1.165) is 141 Å². The maximum atomic E-state index is 13.0. The fraction of sp³-hybridized carbons (Fsp3) is 0.697. The number of allylic oxidation sites excluding steroid dienone is 20. The lowest BCUT2D eigenvalue weighted by atomic mass is 10.0. The van der Waals surface area contributed by atoms with Crippen LogP contribution in [0.4, 0.5) is 0 Å². The topological polar surface area (TPSA) is 78.9 Å². The van der Waals surface area contributed by atoms with Crippen LogP contribution in [-0.4, -0.2) is 37.2 Å². The lowest BCUT2D eigenvalue weighted by Gasteiger charge is -2.18. The van der Waals surface area contributed by atoms with E-state index in [-0.39, 0.29) is 31.1 Å². The summed E-state index contributed by atoms with van der Waals surface area (Å²) < 4.78 is 17.0. The van der Waals surface area contributed by atoms with Crippen molar-refractivity contribution in [3.63, 3.8) is 0 Å². The van der Waals surface area contributed by atoms with Crippen LogP contribution in [0.25, 0.3) is 0 Å². The molecule has 0 rings (SSSR count). The second-order valence-electron chi connectivity index (χ2n) is 22.7. The Labute approximate surface area is 507 Å². The van der Waals surface area contributed by atoms with Gasteiger partial charge in [0.25, 0.3) is 0 Å². The first-order valence-corrected chi connectivity index (χ1v) is 34.5. The zero-order chi connectivity index (χ0) is 59.2. The smallest absolute Gasteiger partial charge is 0.306 e. The molecule has 1 unspecified atom stereocenters. The summed E-state index contributed by atoms with van der Waals surface area (Å²) in [5.41, 5.74) is 0. The zero-order valence-corrected chi connectivity index (χ0v) is 53.7. The van der Waals surface area contributed by atoms with E-state index in [4.69, 9.17) is 14.2 Å². The van der Waals surface area contributed by atoms with Crippen LogP contribution in [0.1, 0.15) is 323 Å². The van der Waals surface area contributed by atoms with Crippen LogP contribution >= 0.6 is 0 Å². The molecule has 0 bridgehead atoms. The molecule has 1 atom stereocenters. The maximum Gasteiger partial charge on any atom is 0.306 e.